The molecule has 0 radical (unpaired) electrons. The SMILES string of the molecule is COC(=O)CC1=CCC=C(c2ccccc2)O1. The molecule has 0 spiro atoms. The first kappa shape index (κ1) is 11.5. The van der Waals surface area contributed by atoms with Crippen LogP contribution in [-0.2, 0) is 14.3 Å². The summed E-state index contributed by atoms with van der Waals surface area (Å²) in [6, 6.07) is 9.83. The van der Waals surface area contributed by atoms with Gasteiger partial charge in [0.2, 0.25) is 0 Å². The van der Waals surface area contributed by atoms with Crippen molar-refractivity contribution in [2.45, 2.75) is 12.8 Å². The van der Waals surface area contributed by atoms with Gasteiger partial charge in [0.15, 0.2) is 0 Å². The maximum atomic E-state index is 11.2. The summed E-state index contributed by atoms with van der Waals surface area (Å²) in [6.45, 7) is 0. The predicted molar refractivity (Wildman–Crippen MR) is 64.8 cm³/mol. The van der Waals surface area contributed by atoms with E-state index in [1.54, 1.807) is 0 Å². The van der Waals surface area contributed by atoms with Gasteiger partial charge in [-0.25, -0.2) is 0 Å². The molecule has 0 aliphatic carbocycles. The Morgan fingerprint density at radius 3 is 2.76 bits per heavy atom. The van der Waals surface area contributed by atoms with Crippen LogP contribution in [0.25, 0.3) is 5.76 Å². The summed E-state index contributed by atoms with van der Waals surface area (Å²) in [5, 5.41) is 0. The molecule has 17 heavy (non-hydrogen) atoms. The highest BCUT2D eigenvalue weighted by molar-refractivity contribution is 5.72. The summed E-state index contributed by atoms with van der Waals surface area (Å²) in [7, 11) is 1.37. The van der Waals surface area contributed by atoms with Crippen molar-refractivity contribution in [3.8, 4) is 0 Å². The number of methoxy groups -OCH3 is 1. The molecule has 3 nitrogen and oxygen atoms in total. The maximum Gasteiger partial charge on any atom is 0.313 e. The molecule has 0 saturated carbocycles. The lowest BCUT2D eigenvalue weighted by Crippen LogP contribution is -2.06. The Balaban J connectivity index is 2.05. The van der Waals surface area contributed by atoms with E-state index in [4.69, 9.17) is 4.74 Å². The first-order chi connectivity index (χ1) is 8.29. The molecular weight excluding hydrogens is 216 g/mol. The number of carbonyl (C=O) groups is 1. The zero-order valence-electron chi connectivity index (χ0n) is 9.68. The molecule has 0 bridgehead atoms. The third-order valence-electron chi connectivity index (χ3n) is 2.49. The minimum absolute atomic E-state index is 0.181. The minimum Gasteiger partial charge on any atom is -0.469 e. The lowest BCUT2D eigenvalue weighted by atomic mass is 10.1. The fourth-order valence-electron chi connectivity index (χ4n) is 1.62. The van der Waals surface area contributed by atoms with Crippen molar-refractivity contribution in [2.24, 2.45) is 0 Å². The Bertz CT molecular complexity index is 458. The number of ether oxygens (including phenoxy) is 2. The smallest absolute Gasteiger partial charge is 0.313 e. The van der Waals surface area contributed by atoms with E-state index in [0.29, 0.717) is 5.76 Å². The highest BCUT2D eigenvalue weighted by Gasteiger charge is 2.13. The monoisotopic (exact) mass is 230 g/mol. The third-order valence-corrected chi connectivity index (χ3v) is 2.49. The number of esters is 1. The molecule has 1 aliphatic heterocycles. The van der Waals surface area contributed by atoms with Crippen LogP contribution in [0.3, 0.4) is 0 Å². The van der Waals surface area contributed by atoms with E-state index in [1.807, 2.05) is 42.5 Å². The molecule has 1 aliphatic rings. The summed E-state index contributed by atoms with van der Waals surface area (Å²) in [6.07, 6.45) is 4.84. The van der Waals surface area contributed by atoms with E-state index in [1.165, 1.54) is 7.11 Å². The molecule has 2 rings (SSSR count). The average molecular weight is 230 g/mol. The second-order valence-electron chi connectivity index (χ2n) is 3.70. The molecule has 0 saturated heterocycles. The Labute approximate surface area is 100 Å². The molecule has 0 aromatic heterocycles. The third kappa shape index (κ3) is 2.97. The Kier molecular flexibility index (Phi) is 3.60. The Morgan fingerprint density at radius 2 is 2.06 bits per heavy atom. The highest BCUT2D eigenvalue weighted by atomic mass is 16.5. The largest absolute Gasteiger partial charge is 0.469 e. The second-order valence-corrected chi connectivity index (χ2v) is 3.70. The molecule has 1 heterocycles. The van der Waals surface area contributed by atoms with E-state index < -0.39 is 0 Å². The number of rotatable bonds is 3. The van der Waals surface area contributed by atoms with Gasteiger partial charge in [-0.05, 0) is 18.6 Å². The molecule has 88 valence electrons. The van der Waals surface area contributed by atoms with Gasteiger partial charge >= 0.3 is 5.97 Å². The fraction of sp³-hybridized carbons (Fsp3) is 0.214. The van der Waals surface area contributed by atoms with Gasteiger partial charge in [-0.3, -0.25) is 4.79 Å². The van der Waals surface area contributed by atoms with Crippen molar-refractivity contribution in [3.05, 3.63) is 53.8 Å². The number of allylic oxidation sites excluding steroid dienone is 2. The zero-order chi connectivity index (χ0) is 12.1. The maximum absolute atomic E-state index is 11.2. The first-order valence-electron chi connectivity index (χ1n) is 5.49. The van der Waals surface area contributed by atoms with Crippen LogP contribution >= 0.6 is 0 Å². The van der Waals surface area contributed by atoms with Crippen LogP contribution in [0.15, 0.2) is 48.2 Å². The predicted octanol–water partition coefficient (Wildman–Crippen LogP) is 2.89. The van der Waals surface area contributed by atoms with Gasteiger partial charge in [0.1, 0.15) is 17.9 Å². The fourth-order valence-corrected chi connectivity index (χ4v) is 1.62. The van der Waals surface area contributed by atoms with Crippen molar-refractivity contribution < 1.29 is 14.3 Å². The summed E-state index contributed by atoms with van der Waals surface area (Å²) in [5.41, 5.74) is 1.02. The number of hydrogen-bond acceptors (Lipinski definition) is 3. The van der Waals surface area contributed by atoms with Crippen LogP contribution in [0.4, 0.5) is 0 Å². The van der Waals surface area contributed by atoms with Crippen LogP contribution in [0.5, 0.6) is 0 Å². The Hall–Kier alpha value is -2.03. The summed E-state index contributed by atoms with van der Waals surface area (Å²) >= 11 is 0. The van der Waals surface area contributed by atoms with Gasteiger partial charge in [0.05, 0.1) is 7.11 Å². The standard InChI is InChI=1S/C14H14O3/c1-16-14(15)10-12-8-5-9-13(17-12)11-6-3-2-4-7-11/h2-4,6-9H,5,10H2,1H3. The van der Waals surface area contributed by atoms with Gasteiger partial charge in [0.25, 0.3) is 0 Å². The summed E-state index contributed by atoms with van der Waals surface area (Å²) in [4.78, 5) is 11.2. The number of hydrogen-bond donors (Lipinski definition) is 0. The van der Waals surface area contributed by atoms with Gasteiger partial charge < -0.3 is 9.47 Å². The second kappa shape index (κ2) is 5.34. The molecule has 0 fully saturated rings. The molecular formula is C14H14O3. The zero-order valence-corrected chi connectivity index (χ0v) is 9.68. The van der Waals surface area contributed by atoms with Crippen LogP contribution in [0, 0.1) is 0 Å². The lowest BCUT2D eigenvalue weighted by molar-refractivity contribution is -0.140. The van der Waals surface area contributed by atoms with E-state index in [9.17, 15) is 4.79 Å². The van der Waals surface area contributed by atoms with Gasteiger partial charge in [-0.1, -0.05) is 30.3 Å². The van der Waals surface area contributed by atoms with Crippen molar-refractivity contribution in [2.75, 3.05) is 7.11 Å². The van der Waals surface area contributed by atoms with Gasteiger partial charge in [-0.15, -0.1) is 0 Å². The van der Waals surface area contributed by atoms with Crippen LogP contribution in [0.1, 0.15) is 18.4 Å². The number of benzene rings is 1. The minimum atomic E-state index is -0.287. The molecule has 0 atom stereocenters. The average Bonchev–Trinajstić information content (AvgIpc) is 2.40. The van der Waals surface area contributed by atoms with E-state index >= 15 is 0 Å². The molecule has 1 aromatic carbocycles. The van der Waals surface area contributed by atoms with E-state index in [-0.39, 0.29) is 12.4 Å². The van der Waals surface area contributed by atoms with E-state index in [2.05, 4.69) is 4.74 Å². The molecule has 0 N–H and O–H groups in total. The highest BCUT2D eigenvalue weighted by Crippen LogP contribution is 2.25. The van der Waals surface area contributed by atoms with Gasteiger partial charge in [0, 0.05) is 5.56 Å². The quantitative estimate of drug-likeness (QED) is 0.749. The van der Waals surface area contributed by atoms with Crippen molar-refractivity contribution in [3.63, 3.8) is 0 Å². The van der Waals surface area contributed by atoms with Crippen LogP contribution < -0.4 is 0 Å². The first-order valence-corrected chi connectivity index (χ1v) is 5.49. The van der Waals surface area contributed by atoms with E-state index in [0.717, 1.165) is 17.7 Å². The normalized spacial score (nSPS) is 14.4. The lowest BCUT2D eigenvalue weighted by Gasteiger charge is -2.16. The van der Waals surface area contributed by atoms with Crippen LogP contribution in [0.2, 0.25) is 0 Å². The van der Waals surface area contributed by atoms with Gasteiger partial charge in [-0.2, -0.15) is 0 Å². The van der Waals surface area contributed by atoms with Crippen molar-refractivity contribution >= 4 is 11.7 Å². The molecule has 0 unspecified atom stereocenters. The van der Waals surface area contributed by atoms with Crippen molar-refractivity contribution in [1.29, 1.82) is 0 Å². The van der Waals surface area contributed by atoms with Crippen molar-refractivity contribution in [1.82, 2.24) is 0 Å². The molecule has 0 amide bonds. The summed E-state index contributed by atoms with van der Waals surface area (Å²) < 4.78 is 10.3. The van der Waals surface area contributed by atoms with Crippen LogP contribution in [-0.4, -0.2) is 13.1 Å². The Morgan fingerprint density at radius 1 is 1.29 bits per heavy atom. The molecule has 3 heteroatoms. The molecule has 1 aromatic rings. The number of carbonyl (C=O) groups excluding carboxylic acids is 1. The topological polar surface area (TPSA) is 35.5 Å². The summed E-state index contributed by atoms with van der Waals surface area (Å²) in [5.74, 6) is 1.16.